The Morgan fingerprint density at radius 3 is 2.50 bits per heavy atom. The zero-order valence-corrected chi connectivity index (χ0v) is 11.4. The standard InChI is InChI=1S/C15H24N2O/c1-13(2)15(18)17-12-11-16-10-6-9-14-7-4-3-5-8-14/h3-5,7-8,13,16H,6,9-12H2,1-2H3,(H,17,18). The lowest BCUT2D eigenvalue weighted by molar-refractivity contribution is -0.123. The second kappa shape index (κ2) is 8.70. The van der Waals surface area contributed by atoms with Crippen LogP contribution in [0.5, 0.6) is 0 Å². The molecular formula is C15H24N2O. The smallest absolute Gasteiger partial charge is 0.222 e. The van der Waals surface area contributed by atoms with Crippen molar-refractivity contribution in [2.24, 2.45) is 5.92 Å². The molecule has 0 bridgehead atoms. The molecule has 0 spiro atoms. The molecule has 0 saturated heterocycles. The summed E-state index contributed by atoms with van der Waals surface area (Å²) in [5.74, 6) is 0.198. The maximum Gasteiger partial charge on any atom is 0.222 e. The first-order valence-corrected chi connectivity index (χ1v) is 6.72. The SMILES string of the molecule is CC(C)C(=O)NCCNCCCc1ccccc1. The minimum Gasteiger partial charge on any atom is -0.355 e. The Kier molecular flexibility index (Phi) is 7.11. The fourth-order valence-electron chi connectivity index (χ4n) is 1.67. The van der Waals surface area contributed by atoms with Crippen molar-refractivity contribution in [3.63, 3.8) is 0 Å². The molecule has 0 saturated carbocycles. The molecule has 18 heavy (non-hydrogen) atoms. The van der Waals surface area contributed by atoms with E-state index >= 15 is 0 Å². The predicted molar refractivity (Wildman–Crippen MR) is 75.5 cm³/mol. The Morgan fingerprint density at radius 1 is 1.11 bits per heavy atom. The summed E-state index contributed by atoms with van der Waals surface area (Å²) in [4.78, 5) is 11.3. The normalized spacial score (nSPS) is 10.6. The Hall–Kier alpha value is -1.35. The van der Waals surface area contributed by atoms with Crippen molar-refractivity contribution in [2.45, 2.75) is 26.7 Å². The van der Waals surface area contributed by atoms with Gasteiger partial charge in [-0.15, -0.1) is 0 Å². The zero-order valence-electron chi connectivity index (χ0n) is 11.4. The highest BCUT2D eigenvalue weighted by Gasteiger charge is 2.04. The third-order valence-corrected chi connectivity index (χ3v) is 2.79. The molecule has 0 aliphatic rings. The van der Waals surface area contributed by atoms with Crippen molar-refractivity contribution in [3.8, 4) is 0 Å². The van der Waals surface area contributed by atoms with E-state index in [1.54, 1.807) is 0 Å². The highest BCUT2D eigenvalue weighted by atomic mass is 16.1. The molecule has 2 N–H and O–H groups in total. The molecule has 1 aromatic rings. The Morgan fingerprint density at radius 2 is 1.83 bits per heavy atom. The van der Waals surface area contributed by atoms with Crippen molar-refractivity contribution >= 4 is 5.91 Å². The minimum atomic E-state index is 0.0723. The van der Waals surface area contributed by atoms with Crippen LogP contribution in [-0.2, 0) is 11.2 Å². The number of amides is 1. The Balaban J connectivity index is 1.95. The Bertz CT molecular complexity index is 336. The number of carbonyl (C=O) groups is 1. The van der Waals surface area contributed by atoms with Crippen LogP contribution in [0.2, 0.25) is 0 Å². The van der Waals surface area contributed by atoms with Crippen LogP contribution in [0.3, 0.4) is 0 Å². The monoisotopic (exact) mass is 248 g/mol. The van der Waals surface area contributed by atoms with Gasteiger partial charge in [-0.05, 0) is 24.9 Å². The van der Waals surface area contributed by atoms with E-state index in [4.69, 9.17) is 0 Å². The van der Waals surface area contributed by atoms with Crippen molar-refractivity contribution < 1.29 is 4.79 Å². The van der Waals surface area contributed by atoms with Crippen LogP contribution in [-0.4, -0.2) is 25.5 Å². The number of benzene rings is 1. The minimum absolute atomic E-state index is 0.0723. The quantitative estimate of drug-likeness (QED) is 0.691. The molecule has 0 radical (unpaired) electrons. The predicted octanol–water partition coefficient (Wildman–Crippen LogP) is 1.98. The molecule has 0 unspecified atom stereocenters. The molecule has 1 rings (SSSR count). The number of aryl methyl sites for hydroxylation is 1. The second-order valence-electron chi connectivity index (χ2n) is 4.78. The van der Waals surface area contributed by atoms with Crippen molar-refractivity contribution in [1.29, 1.82) is 0 Å². The van der Waals surface area contributed by atoms with Crippen LogP contribution in [0.4, 0.5) is 0 Å². The summed E-state index contributed by atoms with van der Waals surface area (Å²) in [6.45, 7) is 6.35. The average Bonchev–Trinajstić information content (AvgIpc) is 2.38. The van der Waals surface area contributed by atoms with E-state index in [1.165, 1.54) is 5.56 Å². The molecule has 0 aliphatic carbocycles. The average molecular weight is 248 g/mol. The molecule has 1 aromatic carbocycles. The third kappa shape index (κ3) is 6.40. The molecule has 0 heterocycles. The molecule has 100 valence electrons. The highest BCUT2D eigenvalue weighted by molar-refractivity contribution is 5.77. The topological polar surface area (TPSA) is 41.1 Å². The van der Waals surface area contributed by atoms with Gasteiger partial charge in [-0.1, -0.05) is 44.2 Å². The molecule has 0 atom stereocenters. The van der Waals surface area contributed by atoms with Gasteiger partial charge in [-0.2, -0.15) is 0 Å². The van der Waals surface area contributed by atoms with Crippen LogP contribution in [0.15, 0.2) is 30.3 Å². The van der Waals surface area contributed by atoms with Gasteiger partial charge in [0, 0.05) is 19.0 Å². The van der Waals surface area contributed by atoms with Gasteiger partial charge >= 0.3 is 0 Å². The van der Waals surface area contributed by atoms with Gasteiger partial charge in [0.05, 0.1) is 0 Å². The van der Waals surface area contributed by atoms with Gasteiger partial charge in [0.1, 0.15) is 0 Å². The zero-order chi connectivity index (χ0) is 13.2. The fraction of sp³-hybridized carbons (Fsp3) is 0.533. The molecule has 1 amide bonds. The van der Waals surface area contributed by atoms with Crippen molar-refractivity contribution in [3.05, 3.63) is 35.9 Å². The van der Waals surface area contributed by atoms with E-state index in [2.05, 4.69) is 34.9 Å². The number of hydrogen-bond acceptors (Lipinski definition) is 2. The number of hydrogen-bond donors (Lipinski definition) is 2. The van der Waals surface area contributed by atoms with E-state index < -0.39 is 0 Å². The molecule has 3 nitrogen and oxygen atoms in total. The van der Waals surface area contributed by atoms with Crippen molar-refractivity contribution in [1.82, 2.24) is 10.6 Å². The van der Waals surface area contributed by atoms with Crippen LogP contribution in [0.1, 0.15) is 25.8 Å². The van der Waals surface area contributed by atoms with Crippen LogP contribution in [0, 0.1) is 5.92 Å². The van der Waals surface area contributed by atoms with E-state index in [1.807, 2.05) is 19.9 Å². The summed E-state index contributed by atoms with van der Waals surface area (Å²) in [7, 11) is 0. The lowest BCUT2D eigenvalue weighted by atomic mass is 10.1. The van der Waals surface area contributed by atoms with E-state index in [9.17, 15) is 4.79 Å². The first-order valence-electron chi connectivity index (χ1n) is 6.72. The number of rotatable bonds is 8. The maximum absolute atomic E-state index is 11.3. The first-order chi connectivity index (χ1) is 8.70. The fourth-order valence-corrected chi connectivity index (χ4v) is 1.67. The van der Waals surface area contributed by atoms with Crippen molar-refractivity contribution in [2.75, 3.05) is 19.6 Å². The largest absolute Gasteiger partial charge is 0.355 e. The van der Waals surface area contributed by atoms with E-state index in [-0.39, 0.29) is 11.8 Å². The summed E-state index contributed by atoms with van der Waals surface area (Å²) < 4.78 is 0. The summed E-state index contributed by atoms with van der Waals surface area (Å²) in [6, 6.07) is 10.5. The van der Waals surface area contributed by atoms with Gasteiger partial charge in [0.15, 0.2) is 0 Å². The maximum atomic E-state index is 11.3. The molecule has 0 fully saturated rings. The van der Waals surface area contributed by atoms with E-state index in [0.717, 1.165) is 25.9 Å². The third-order valence-electron chi connectivity index (χ3n) is 2.79. The number of carbonyl (C=O) groups excluding carboxylic acids is 1. The van der Waals surface area contributed by atoms with Gasteiger partial charge < -0.3 is 10.6 Å². The number of nitrogens with one attached hydrogen (secondary N) is 2. The van der Waals surface area contributed by atoms with Gasteiger partial charge in [-0.25, -0.2) is 0 Å². The van der Waals surface area contributed by atoms with Crippen LogP contribution >= 0.6 is 0 Å². The molecule has 0 aromatic heterocycles. The highest BCUT2D eigenvalue weighted by Crippen LogP contribution is 2.01. The van der Waals surface area contributed by atoms with Crippen LogP contribution < -0.4 is 10.6 Å². The summed E-state index contributed by atoms with van der Waals surface area (Å²) in [5, 5.41) is 6.22. The van der Waals surface area contributed by atoms with Gasteiger partial charge in [0.2, 0.25) is 5.91 Å². The first kappa shape index (κ1) is 14.7. The van der Waals surface area contributed by atoms with Gasteiger partial charge in [0.25, 0.3) is 0 Å². The summed E-state index contributed by atoms with van der Waals surface area (Å²) in [6.07, 6.45) is 2.23. The van der Waals surface area contributed by atoms with Crippen LogP contribution in [0.25, 0.3) is 0 Å². The molecular weight excluding hydrogens is 224 g/mol. The Labute approximate surface area is 110 Å². The molecule has 0 aliphatic heterocycles. The summed E-state index contributed by atoms with van der Waals surface area (Å²) >= 11 is 0. The van der Waals surface area contributed by atoms with E-state index in [0.29, 0.717) is 6.54 Å². The lowest BCUT2D eigenvalue weighted by Gasteiger charge is -2.08. The lowest BCUT2D eigenvalue weighted by Crippen LogP contribution is -2.34. The molecule has 3 heteroatoms. The second-order valence-corrected chi connectivity index (χ2v) is 4.78. The van der Waals surface area contributed by atoms with Gasteiger partial charge in [-0.3, -0.25) is 4.79 Å². The summed E-state index contributed by atoms with van der Waals surface area (Å²) in [5.41, 5.74) is 1.38.